The molecule has 0 heterocycles. The van der Waals surface area contributed by atoms with Gasteiger partial charge in [-0.3, -0.25) is 0 Å². The fraction of sp³-hybridized carbons (Fsp3) is 0.250. The van der Waals surface area contributed by atoms with E-state index in [1.165, 1.54) is 19.2 Å². The number of aryl methyl sites for hydroxylation is 1. The summed E-state index contributed by atoms with van der Waals surface area (Å²) in [6.07, 6.45) is 0. The second-order valence-corrected chi connectivity index (χ2v) is 7.49. The molecule has 0 bridgehead atoms. The first kappa shape index (κ1) is 13.4. The average molecular weight is 284 g/mol. The van der Waals surface area contributed by atoms with Crippen LogP contribution in [0, 0.1) is 6.92 Å². The molecule has 1 rings (SSSR count). The van der Waals surface area contributed by atoms with Crippen LogP contribution in [0.1, 0.15) is 5.56 Å². The van der Waals surface area contributed by atoms with Crippen LogP contribution in [0.2, 0.25) is 0 Å². The molecule has 0 amide bonds. The van der Waals surface area contributed by atoms with Gasteiger partial charge in [0, 0.05) is 10.7 Å². The van der Waals surface area contributed by atoms with Crippen LogP contribution in [-0.2, 0) is 19.1 Å². The van der Waals surface area contributed by atoms with Crippen LogP contribution in [0.15, 0.2) is 28.0 Å². The molecule has 1 aromatic rings. The number of rotatable bonds is 3. The molecule has 0 aromatic heterocycles. The number of benzene rings is 1. The van der Waals surface area contributed by atoms with E-state index in [0.717, 1.165) is 6.07 Å². The van der Waals surface area contributed by atoms with Gasteiger partial charge in [0.2, 0.25) is 10.0 Å². The lowest BCUT2D eigenvalue weighted by Crippen LogP contribution is -2.19. The third-order valence-electron chi connectivity index (χ3n) is 2.00. The first-order chi connectivity index (χ1) is 7.18. The molecule has 0 aliphatic rings. The van der Waals surface area contributed by atoms with E-state index in [4.69, 9.17) is 10.7 Å². The molecule has 1 N–H and O–H groups in total. The standard InChI is InChI=1S/C8H10ClNO4S2/c1-6-3-4-7(15(9,11)12)5-8(6)16(13,14)10-2/h3-5,10H,1-2H3. The van der Waals surface area contributed by atoms with Crippen molar-refractivity contribution in [2.45, 2.75) is 16.7 Å². The molecular weight excluding hydrogens is 274 g/mol. The Hall–Kier alpha value is -0.630. The van der Waals surface area contributed by atoms with E-state index in [0.29, 0.717) is 5.56 Å². The minimum atomic E-state index is -3.93. The monoisotopic (exact) mass is 283 g/mol. The third kappa shape index (κ3) is 2.73. The Kier molecular flexibility index (Phi) is 3.63. The van der Waals surface area contributed by atoms with E-state index >= 15 is 0 Å². The van der Waals surface area contributed by atoms with Crippen LogP contribution in [0.4, 0.5) is 0 Å². The Labute approximate surface area is 98.9 Å². The predicted molar refractivity (Wildman–Crippen MR) is 60.5 cm³/mol. The van der Waals surface area contributed by atoms with Crippen molar-refractivity contribution in [3.8, 4) is 0 Å². The lowest BCUT2D eigenvalue weighted by atomic mass is 10.2. The highest BCUT2D eigenvalue weighted by atomic mass is 35.7. The van der Waals surface area contributed by atoms with Crippen molar-refractivity contribution in [2.24, 2.45) is 0 Å². The van der Waals surface area contributed by atoms with E-state index < -0.39 is 19.1 Å². The van der Waals surface area contributed by atoms with Gasteiger partial charge in [0.15, 0.2) is 0 Å². The van der Waals surface area contributed by atoms with E-state index in [-0.39, 0.29) is 9.79 Å². The van der Waals surface area contributed by atoms with Gasteiger partial charge in [0.05, 0.1) is 9.79 Å². The topological polar surface area (TPSA) is 80.3 Å². The lowest BCUT2D eigenvalue weighted by Gasteiger charge is -2.07. The number of nitrogens with one attached hydrogen (secondary N) is 1. The maximum absolute atomic E-state index is 11.6. The van der Waals surface area contributed by atoms with Gasteiger partial charge in [0.1, 0.15) is 0 Å². The summed E-state index contributed by atoms with van der Waals surface area (Å²) in [7, 11) is -1.24. The molecule has 1 aromatic carbocycles. The van der Waals surface area contributed by atoms with Crippen molar-refractivity contribution in [3.05, 3.63) is 23.8 Å². The molecule has 0 aliphatic carbocycles. The molecule has 0 aliphatic heterocycles. The van der Waals surface area contributed by atoms with Gasteiger partial charge in [-0.25, -0.2) is 21.6 Å². The minimum absolute atomic E-state index is 0.100. The van der Waals surface area contributed by atoms with Crippen molar-refractivity contribution >= 4 is 29.8 Å². The Morgan fingerprint density at radius 2 is 1.75 bits per heavy atom. The quantitative estimate of drug-likeness (QED) is 0.833. The van der Waals surface area contributed by atoms with Gasteiger partial charge in [-0.1, -0.05) is 6.07 Å². The Bertz CT molecular complexity index is 607. The maximum Gasteiger partial charge on any atom is 0.261 e. The van der Waals surface area contributed by atoms with Crippen molar-refractivity contribution in [1.82, 2.24) is 4.72 Å². The van der Waals surface area contributed by atoms with Gasteiger partial charge in [0.25, 0.3) is 9.05 Å². The summed E-state index contributed by atoms with van der Waals surface area (Å²) in [5.41, 5.74) is 0.443. The minimum Gasteiger partial charge on any atom is -0.214 e. The number of hydrogen-bond acceptors (Lipinski definition) is 4. The highest BCUT2D eigenvalue weighted by Crippen LogP contribution is 2.22. The lowest BCUT2D eigenvalue weighted by molar-refractivity contribution is 0.587. The Morgan fingerprint density at radius 3 is 2.19 bits per heavy atom. The fourth-order valence-electron chi connectivity index (χ4n) is 1.13. The van der Waals surface area contributed by atoms with Crippen LogP contribution in [0.25, 0.3) is 0 Å². The van der Waals surface area contributed by atoms with Crippen LogP contribution in [0.5, 0.6) is 0 Å². The van der Waals surface area contributed by atoms with Gasteiger partial charge in [-0.15, -0.1) is 0 Å². The van der Waals surface area contributed by atoms with Gasteiger partial charge < -0.3 is 0 Å². The molecule has 8 heteroatoms. The van der Waals surface area contributed by atoms with Gasteiger partial charge in [-0.2, -0.15) is 0 Å². The Morgan fingerprint density at radius 1 is 1.19 bits per heavy atom. The summed E-state index contributed by atoms with van der Waals surface area (Å²) in [4.78, 5) is -0.342. The highest BCUT2D eigenvalue weighted by Gasteiger charge is 2.18. The van der Waals surface area contributed by atoms with Crippen molar-refractivity contribution in [3.63, 3.8) is 0 Å². The van der Waals surface area contributed by atoms with Crippen molar-refractivity contribution < 1.29 is 16.8 Å². The molecule has 0 spiro atoms. The maximum atomic E-state index is 11.6. The molecular formula is C8H10ClNO4S2. The van der Waals surface area contributed by atoms with E-state index in [2.05, 4.69) is 4.72 Å². The first-order valence-corrected chi connectivity index (χ1v) is 7.96. The third-order valence-corrected chi connectivity index (χ3v) is 4.91. The number of hydrogen-bond donors (Lipinski definition) is 1. The molecule has 0 radical (unpaired) electrons. The van der Waals surface area contributed by atoms with E-state index in [1.807, 2.05) is 0 Å². The first-order valence-electron chi connectivity index (χ1n) is 4.17. The smallest absolute Gasteiger partial charge is 0.214 e. The fourth-order valence-corrected chi connectivity index (χ4v) is 2.98. The summed E-state index contributed by atoms with van der Waals surface area (Å²) >= 11 is 0. The number of sulfonamides is 1. The zero-order chi connectivity index (χ0) is 12.6. The summed E-state index contributed by atoms with van der Waals surface area (Å²) in [6, 6.07) is 3.68. The van der Waals surface area contributed by atoms with Crippen molar-refractivity contribution in [1.29, 1.82) is 0 Å². The molecule has 16 heavy (non-hydrogen) atoms. The molecule has 0 unspecified atom stereocenters. The number of halogens is 1. The SMILES string of the molecule is CNS(=O)(=O)c1cc(S(=O)(=O)Cl)ccc1C. The van der Waals surface area contributed by atoms with E-state index in [1.54, 1.807) is 6.92 Å². The van der Waals surface area contributed by atoms with Gasteiger partial charge in [-0.05, 0) is 31.7 Å². The van der Waals surface area contributed by atoms with E-state index in [9.17, 15) is 16.8 Å². The molecule has 0 saturated heterocycles. The average Bonchev–Trinajstić information content (AvgIpc) is 2.16. The zero-order valence-electron chi connectivity index (χ0n) is 8.56. The summed E-state index contributed by atoms with van der Waals surface area (Å²) in [6.45, 7) is 1.56. The zero-order valence-corrected chi connectivity index (χ0v) is 10.9. The molecule has 0 atom stereocenters. The molecule has 0 saturated carbocycles. The highest BCUT2D eigenvalue weighted by molar-refractivity contribution is 8.13. The molecule has 5 nitrogen and oxygen atoms in total. The summed E-state index contributed by atoms with van der Waals surface area (Å²) in [5.74, 6) is 0. The second-order valence-electron chi connectivity index (χ2n) is 3.07. The van der Waals surface area contributed by atoms with Crippen LogP contribution in [0.3, 0.4) is 0 Å². The van der Waals surface area contributed by atoms with Crippen LogP contribution < -0.4 is 4.72 Å². The summed E-state index contributed by atoms with van der Waals surface area (Å²) in [5, 5.41) is 0. The Balaban J connectivity index is 3.54. The normalized spacial score (nSPS) is 12.7. The molecule has 90 valence electrons. The predicted octanol–water partition coefficient (Wildman–Crippen LogP) is 0.831. The van der Waals surface area contributed by atoms with Crippen LogP contribution in [-0.4, -0.2) is 23.9 Å². The molecule has 0 fully saturated rings. The van der Waals surface area contributed by atoms with Gasteiger partial charge >= 0.3 is 0 Å². The summed E-state index contributed by atoms with van der Waals surface area (Å²) < 4.78 is 47.3. The van der Waals surface area contributed by atoms with Crippen LogP contribution >= 0.6 is 10.7 Å². The van der Waals surface area contributed by atoms with Crippen molar-refractivity contribution in [2.75, 3.05) is 7.05 Å². The second kappa shape index (κ2) is 4.33. The largest absolute Gasteiger partial charge is 0.261 e.